The van der Waals surface area contributed by atoms with Crippen LogP contribution in [0.25, 0.3) is 0 Å². The monoisotopic (exact) mass is 763 g/mol. The van der Waals surface area contributed by atoms with Crippen LogP contribution in [0.3, 0.4) is 0 Å². The molecule has 4 rings (SSSR count). The van der Waals surface area contributed by atoms with Crippen molar-refractivity contribution in [3.63, 3.8) is 0 Å². The molecule has 1 N–H and O–H groups in total. The largest absolute Gasteiger partial charge is 0.479 e. The fourth-order valence-corrected chi connectivity index (χ4v) is 5.25. The number of nitrogens with one attached hydrogen (secondary N) is 1. The number of oxime groups is 2. The fraction of sp³-hybridized carbons (Fsp3) is 0.348. The van der Waals surface area contributed by atoms with E-state index in [-0.39, 0.29) is 27.9 Å². The van der Waals surface area contributed by atoms with Crippen LogP contribution in [-0.2, 0) is 20.0 Å². The number of amides is 1. The normalized spacial score (nSPS) is 21.4. The summed E-state index contributed by atoms with van der Waals surface area (Å²) in [5, 5.41) is 11.0. The molecule has 7 nitrogen and oxygen atoms in total. The van der Waals surface area contributed by atoms with Gasteiger partial charge in [0.2, 0.25) is 17.7 Å². The smallest absolute Gasteiger partial charge is 0.342 e. The van der Waals surface area contributed by atoms with Crippen molar-refractivity contribution in [3.8, 4) is 0 Å². The van der Waals surface area contributed by atoms with E-state index in [1.165, 1.54) is 12.1 Å². The van der Waals surface area contributed by atoms with Gasteiger partial charge >= 0.3 is 3.93 Å². The molecular weight excluding hydrogens is 745 g/mol. The number of hydrogen-bond acceptors (Lipinski definition) is 6. The highest BCUT2D eigenvalue weighted by molar-refractivity contribution is 14.1. The molecule has 2 aliphatic heterocycles. The number of benzene rings is 2. The molecule has 2 aromatic carbocycles. The SMILES string of the molecule is CCOC1=NOC(NC(=O)c2ccc(C3=NO[C@@](c4cc(Cl)c(I)c(Cl)c4)(C(F)(F)I)C3)cc2C)C1. The molecule has 192 valence electrons. The highest BCUT2D eigenvalue weighted by Gasteiger charge is 2.60. The van der Waals surface area contributed by atoms with Gasteiger partial charge in [-0.1, -0.05) is 34.4 Å². The summed E-state index contributed by atoms with van der Waals surface area (Å²) in [6.07, 6.45) is -0.539. The number of halogens is 6. The Morgan fingerprint density at radius 3 is 2.58 bits per heavy atom. The van der Waals surface area contributed by atoms with Crippen molar-refractivity contribution in [2.75, 3.05) is 6.61 Å². The lowest BCUT2D eigenvalue weighted by molar-refractivity contribution is -0.140. The maximum atomic E-state index is 15.0. The van der Waals surface area contributed by atoms with Crippen molar-refractivity contribution >= 4 is 85.9 Å². The van der Waals surface area contributed by atoms with Gasteiger partial charge in [0, 0.05) is 40.1 Å². The Bertz CT molecular complexity index is 1250. The van der Waals surface area contributed by atoms with Crippen LogP contribution in [0.5, 0.6) is 0 Å². The standard InChI is InChI=1S/C23H19Cl2F2I2N3O4/c1-3-34-19-9-18(35-32-19)30-21(33)14-5-4-12(6-11(14)2)17-10-22(36-31-17,23(26,27)29)13-7-15(24)20(28)16(25)8-13/h4-8,18H,3,9-10H2,1-2H3,(H,30,33)/t18?,22-/m0/s1. The van der Waals surface area contributed by atoms with Crippen LogP contribution in [0.4, 0.5) is 8.78 Å². The first kappa shape index (κ1) is 27.6. The zero-order chi connectivity index (χ0) is 26.3. The van der Waals surface area contributed by atoms with Gasteiger partial charge in [0.15, 0.2) is 0 Å². The maximum Gasteiger partial charge on any atom is 0.342 e. The molecule has 36 heavy (non-hydrogen) atoms. The first-order valence-corrected chi connectivity index (χ1v) is 13.6. The summed E-state index contributed by atoms with van der Waals surface area (Å²) in [5.74, 6) is 0.0540. The van der Waals surface area contributed by atoms with Crippen molar-refractivity contribution in [3.05, 3.63) is 66.2 Å². The highest BCUT2D eigenvalue weighted by Crippen LogP contribution is 2.52. The predicted octanol–water partition coefficient (Wildman–Crippen LogP) is 6.78. The Morgan fingerprint density at radius 2 is 1.97 bits per heavy atom. The Hall–Kier alpha value is -1.45. The summed E-state index contributed by atoms with van der Waals surface area (Å²) in [5.41, 5.74) is -0.102. The molecule has 2 aliphatic rings. The minimum Gasteiger partial charge on any atom is -0.479 e. The molecule has 2 atom stereocenters. The number of aryl methyl sites for hydroxylation is 1. The van der Waals surface area contributed by atoms with Gasteiger partial charge in [-0.05, 0) is 77.0 Å². The van der Waals surface area contributed by atoms with Gasteiger partial charge in [0.1, 0.15) is 0 Å². The molecule has 1 unspecified atom stereocenters. The lowest BCUT2D eigenvalue weighted by Crippen LogP contribution is -2.41. The summed E-state index contributed by atoms with van der Waals surface area (Å²) in [6, 6.07) is 7.78. The van der Waals surface area contributed by atoms with Gasteiger partial charge in [0.25, 0.3) is 5.91 Å². The van der Waals surface area contributed by atoms with Crippen molar-refractivity contribution in [2.24, 2.45) is 10.3 Å². The third-order valence-corrected chi connectivity index (χ3v) is 8.95. The summed E-state index contributed by atoms with van der Waals surface area (Å²) >= 11 is 15.4. The van der Waals surface area contributed by atoms with E-state index in [4.69, 9.17) is 37.6 Å². The molecule has 0 spiro atoms. The first-order chi connectivity index (χ1) is 16.9. The van der Waals surface area contributed by atoms with E-state index in [9.17, 15) is 13.6 Å². The third kappa shape index (κ3) is 5.39. The van der Waals surface area contributed by atoms with E-state index in [1.807, 2.05) is 29.5 Å². The van der Waals surface area contributed by atoms with Gasteiger partial charge in [-0.3, -0.25) is 4.79 Å². The predicted molar refractivity (Wildman–Crippen MR) is 149 cm³/mol. The average Bonchev–Trinajstić information content (AvgIpc) is 3.45. The van der Waals surface area contributed by atoms with Crippen molar-refractivity contribution in [1.82, 2.24) is 5.32 Å². The van der Waals surface area contributed by atoms with Gasteiger partial charge in [-0.25, -0.2) is 0 Å². The minimum atomic E-state index is -3.34. The van der Waals surface area contributed by atoms with Crippen LogP contribution in [0, 0.1) is 10.5 Å². The number of hydrogen-bond donors (Lipinski definition) is 1. The van der Waals surface area contributed by atoms with Crippen molar-refractivity contribution in [2.45, 2.75) is 42.4 Å². The number of carbonyl (C=O) groups excluding carboxylic acids is 1. The summed E-state index contributed by atoms with van der Waals surface area (Å²) in [4.78, 5) is 23.4. The van der Waals surface area contributed by atoms with E-state index in [0.717, 1.165) is 22.6 Å². The molecule has 0 aliphatic carbocycles. The van der Waals surface area contributed by atoms with Crippen LogP contribution in [0.1, 0.15) is 46.8 Å². The van der Waals surface area contributed by atoms with Gasteiger partial charge in [0.05, 0.1) is 32.4 Å². The summed E-state index contributed by atoms with van der Waals surface area (Å²) in [7, 11) is 0. The highest BCUT2D eigenvalue weighted by atomic mass is 127. The Labute approximate surface area is 243 Å². The second kappa shape index (κ2) is 10.7. The molecule has 0 saturated heterocycles. The Balaban J connectivity index is 1.54. The van der Waals surface area contributed by atoms with E-state index in [1.54, 1.807) is 25.1 Å². The van der Waals surface area contributed by atoms with Crippen LogP contribution in [-0.4, -0.2) is 34.3 Å². The topological polar surface area (TPSA) is 81.5 Å². The zero-order valence-electron chi connectivity index (χ0n) is 18.9. The van der Waals surface area contributed by atoms with Crippen LogP contribution in [0.15, 0.2) is 40.6 Å². The molecule has 1 amide bonds. The quantitative estimate of drug-likeness (QED) is 0.200. The number of carbonyl (C=O) groups is 1. The second-order valence-corrected chi connectivity index (χ2v) is 11.4. The van der Waals surface area contributed by atoms with E-state index < -0.39 is 15.8 Å². The summed E-state index contributed by atoms with van der Waals surface area (Å²) < 4.78 is 32.4. The van der Waals surface area contributed by atoms with Gasteiger partial charge in [-0.2, -0.15) is 8.78 Å². The lowest BCUT2D eigenvalue weighted by Gasteiger charge is -2.31. The van der Waals surface area contributed by atoms with Crippen molar-refractivity contribution in [1.29, 1.82) is 0 Å². The van der Waals surface area contributed by atoms with Gasteiger partial charge in [-0.15, -0.1) is 0 Å². The Kier molecular flexibility index (Phi) is 8.22. The van der Waals surface area contributed by atoms with E-state index in [0.29, 0.717) is 44.9 Å². The van der Waals surface area contributed by atoms with E-state index >= 15 is 0 Å². The summed E-state index contributed by atoms with van der Waals surface area (Å²) in [6.45, 7) is 4.02. The minimum absolute atomic E-state index is 0.119. The van der Waals surface area contributed by atoms with Crippen LogP contribution < -0.4 is 5.32 Å². The molecule has 0 aromatic heterocycles. The van der Waals surface area contributed by atoms with Crippen LogP contribution >= 0.6 is 68.4 Å². The molecule has 2 heterocycles. The molecule has 0 radical (unpaired) electrons. The molecule has 13 heteroatoms. The molecule has 0 fully saturated rings. The average molecular weight is 764 g/mol. The molecule has 0 saturated carbocycles. The number of ether oxygens (including phenoxy) is 1. The fourth-order valence-electron chi connectivity index (χ4n) is 3.85. The number of nitrogens with zero attached hydrogens (tertiary/aromatic N) is 2. The van der Waals surface area contributed by atoms with Crippen LogP contribution in [0.2, 0.25) is 10.0 Å². The first-order valence-electron chi connectivity index (χ1n) is 10.7. The molecule has 2 aromatic rings. The van der Waals surface area contributed by atoms with E-state index in [2.05, 4.69) is 15.6 Å². The third-order valence-electron chi connectivity index (χ3n) is 5.69. The maximum absolute atomic E-state index is 15.0. The second-order valence-electron chi connectivity index (χ2n) is 8.10. The molecule has 0 bridgehead atoms. The number of alkyl halides is 3. The number of rotatable bonds is 6. The Morgan fingerprint density at radius 1 is 1.28 bits per heavy atom. The zero-order valence-corrected chi connectivity index (χ0v) is 24.7. The van der Waals surface area contributed by atoms with Gasteiger partial charge < -0.3 is 19.7 Å². The molecular formula is C23H19Cl2F2I2N3O4. The van der Waals surface area contributed by atoms with Crippen molar-refractivity contribution < 1.29 is 28.0 Å². The lowest BCUT2D eigenvalue weighted by atomic mass is 9.87.